The summed E-state index contributed by atoms with van der Waals surface area (Å²) in [6.45, 7) is 7.55. The molecule has 0 nitrogen and oxygen atoms in total. The molecular weight excluding hydrogens is 120 g/mol. The molecule has 10 heavy (non-hydrogen) atoms. The molecule has 56 valence electrons. The van der Waals surface area contributed by atoms with Crippen molar-refractivity contribution in [1.29, 1.82) is 0 Å². The first-order valence-corrected chi connectivity index (χ1v) is 4.05. The number of allylic oxidation sites excluding steroid dienone is 2. The van der Waals surface area contributed by atoms with E-state index >= 15 is 0 Å². The SMILES string of the molecule is C=CCC1(CC=C)CCC1. The van der Waals surface area contributed by atoms with Crippen molar-refractivity contribution in [2.45, 2.75) is 32.1 Å². The zero-order valence-electron chi connectivity index (χ0n) is 6.60. The summed E-state index contributed by atoms with van der Waals surface area (Å²) in [5, 5.41) is 0. The Morgan fingerprint density at radius 1 is 1.10 bits per heavy atom. The van der Waals surface area contributed by atoms with Crippen LogP contribution in [0, 0.1) is 5.41 Å². The van der Waals surface area contributed by atoms with Gasteiger partial charge in [-0.3, -0.25) is 0 Å². The molecule has 0 spiro atoms. The van der Waals surface area contributed by atoms with Crippen molar-refractivity contribution in [3.8, 4) is 0 Å². The molecule has 1 rings (SSSR count). The summed E-state index contributed by atoms with van der Waals surface area (Å²) in [6, 6.07) is 0. The molecule has 0 aromatic rings. The molecule has 0 unspecified atom stereocenters. The molecule has 1 aliphatic rings. The summed E-state index contributed by atoms with van der Waals surface area (Å²) in [6.07, 6.45) is 10.6. The van der Waals surface area contributed by atoms with Crippen LogP contribution in [0.15, 0.2) is 25.3 Å². The van der Waals surface area contributed by atoms with Crippen LogP contribution < -0.4 is 0 Å². The van der Waals surface area contributed by atoms with Gasteiger partial charge in [-0.2, -0.15) is 0 Å². The minimum absolute atomic E-state index is 0.587. The summed E-state index contributed by atoms with van der Waals surface area (Å²) < 4.78 is 0. The molecule has 0 bridgehead atoms. The fourth-order valence-corrected chi connectivity index (χ4v) is 1.78. The summed E-state index contributed by atoms with van der Waals surface area (Å²) >= 11 is 0. The average Bonchev–Trinajstić information content (AvgIpc) is 1.84. The van der Waals surface area contributed by atoms with Gasteiger partial charge >= 0.3 is 0 Å². The second-order valence-electron chi connectivity index (χ2n) is 3.34. The van der Waals surface area contributed by atoms with Gasteiger partial charge in [0.15, 0.2) is 0 Å². The number of rotatable bonds is 4. The van der Waals surface area contributed by atoms with Crippen molar-refractivity contribution in [3.63, 3.8) is 0 Å². The first kappa shape index (κ1) is 7.59. The Morgan fingerprint density at radius 2 is 1.60 bits per heavy atom. The zero-order valence-corrected chi connectivity index (χ0v) is 6.60. The van der Waals surface area contributed by atoms with Crippen LogP contribution in [0.1, 0.15) is 32.1 Å². The molecule has 0 amide bonds. The number of hydrogen-bond acceptors (Lipinski definition) is 0. The predicted octanol–water partition coefficient (Wildman–Crippen LogP) is 3.31. The summed E-state index contributed by atoms with van der Waals surface area (Å²) in [4.78, 5) is 0. The molecule has 1 saturated carbocycles. The largest absolute Gasteiger partial charge is 0.103 e. The van der Waals surface area contributed by atoms with E-state index in [9.17, 15) is 0 Å². The van der Waals surface area contributed by atoms with Crippen molar-refractivity contribution in [2.24, 2.45) is 5.41 Å². The van der Waals surface area contributed by atoms with Crippen molar-refractivity contribution in [1.82, 2.24) is 0 Å². The van der Waals surface area contributed by atoms with E-state index in [0.717, 1.165) is 0 Å². The Bertz CT molecular complexity index is 117. The molecule has 0 aliphatic heterocycles. The fourth-order valence-electron chi connectivity index (χ4n) is 1.78. The van der Waals surface area contributed by atoms with E-state index in [1.807, 2.05) is 12.2 Å². The van der Waals surface area contributed by atoms with Crippen molar-refractivity contribution in [3.05, 3.63) is 25.3 Å². The molecule has 0 heterocycles. The predicted molar refractivity (Wildman–Crippen MR) is 45.9 cm³/mol. The second-order valence-corrected chi connectivity index (χ2v) is 3.34. The summed E-state index contributed by atoms with van der Waals surface area (Å²) in [5.41, 5.74) is 0.587. The van der Waals surface area contributed by atoms with E-state index < -0.39 is 0 Å². The highest BCUT2D eigenvalue weighted by Gasteiger charge is 2.33. The van der Waals surface area contributed by atoms with Gasteiger partial charge in [0.1, 0.15) is 0 Å². The summed E-state index contributed by atoms with van der Waals surface area (Å²) in [5.74, 6) is 0. The third-order valence-electron chi connectivity index (χ3n) is 2.57. The van der Waals surface area contributed by atoms with E-state index in [1.54, 1.807) is 0 Å². The minimum atomic E-state index is 0.587. The second kappa shape index (κ2) is 3.05. The maximum Gasteiger partial charge on any atom is -0.0229 e. The zero-order chi connectivity index (χ0) is 7.45. The molecule has 0 saturated heterocycles. The third-order valence-corrected chi connectivity index (χ3v) is 2.57. The van der Waals surface area contributed by atoms with Crippen molar-refractivity contribution >= 4 is 0 Å². The molecule has 0 heteroatoms. The van der Waals surface area contributed by atoms with Crippen LogP contribution in [0.25, 0.3) is 0 Å². The van der Waals surface area contributed by atoms with Gasteiger partial charge in [-0.25, -0.2) is 0 Å². The fraction of sp³-hybridized carbons (Fsp3) is 0.600. The van der Waals surface area contributed by atoms with E-state index in [-0.39, 0.29) is 0 Å². The van der Waals surface area contributed by atoms with Crippen LogP contribution >= 0.6 is 0 Å². The van der Waals surface area contributed by atoms with E-state index in [4.69, 9.17) is 0 Å². The van der Waals surface area contributed by atoms with Crippen LogP contribution in [0.5, 0.6) is 0 Å². The highest BCUT2D eigenvalue weighted by atomic mass is 14.4. The van der Waals surface area contributed by atoms with Crippen LogP contribution in [-0.4, -0.2) is 0 Å². The van der Waals surface area contributed by atoms with Crippen LogP contribution in [0.2, 0.25) is 0 Å². The maximum atomic E-state index is 3.78. The molecule has 0 aromatic heterocycles. The normalized spacial score (nSPS) is 21.2. The summed E-state index contributed by atoms with van der Waals surface area (Å²) in [7, 11) is 0. The van der Waals surface area contributed by atoms with Gasteiger partial charge < -0.3 is 0 Å². The van der Waals surface area contributed by atoms with Gasteiger partial charge in [0.25, 0.3) is 0 Å². The van der Waals surface area contributed by atoms with E-state index in [2.05, 4.69) is 13.2 Å². The lowest BCUT2D eigenvalue weighted by molar-refractivity contribution is 0.141. The lowest BCUT2D eigenvalue weighted by Crippen LogP contribution is -2.27. The highest BCUT2D eigenvalue weighted by Crippen LogP contribution is 2.47. The Hall–Kier alpha value is -0.520. The molecule has 1 aliphatic carbocycles. The first-order valence-electron chi connectivity index (χ1n) is 4.05. The average molecular weight is 136 g/mol. The van der Waals surface area contributed by atoms with Gasteiger partial charge in [0, 0.05) is 0 Å². The Labute approximate surface area is 63.6 Å². The Balaban J connectivity index is 2.41. The number of hydrogen-bond donors (Lipinski definition) is 0. The van der Waals surface area contributed by atoms with E-state index in [1.165, 1.54) is 32.1 Å². The monoisotopic (exact) mass is 136 g/mol. The quantitative estimate of drug-likeness (QED) is 0.520. The van der Waals surface area contributed by atoms with Gasteiger partial charge in [-0.15, -0.1) is 13.2 Å². The minimum Gasteiger partial charge on any atom is -0.103 e. The molecule has 0 atom stereocenters. The molecule has 1 fully saturated rings. The molecule has 0 aromatic carbocycles. The van der Waals surface area contributed by atoms with E-state index in [0.29, 0.717) is 5.41 Å². The first-order chi connectivity index (χ1) is 4.83. The Morgan fingerprint density at radius 3 is 1.80 bits per heavy atom. The molecule has 0 N–H and O–H groups in total. The van der Waals surface area contributed by atoms with Crippen molar-refractivity contribution < 1.29 is 0 Å². The maximum absolute atomic E-state index is 3.78. The lowest BCUT2D eigenvalue weighted by Gasteiger charge is -2.40. The third kappa shape index (κ3) is 1.31. The highest BCUT2D eigenvalue weighted by molar-refractivity contribution is 4.96. The van der Waals surface area contributed by atoms with Crippen LogP contribution in [0.4, 0.5) is 0 Å². The van der Waals surface area contributed by atoms with Gasteiger partial charge in [0.05, 0.1) is 0 Å². The van der Waals surface area contributed by atoms with Gasteiger partial charge in [-0.05, 0) is 31.1 Å². The van der Waals surface area contributed by atoms with Gasteiger partial charge in [0.2, 0.25) is 0 Å². The van der Waals surface area contributed by atoms with Crippen molar-refractivity contribution in [2.75, 3.05) is 0 Å². The standard InChI is InChI=1S/C10H16/c1-3-6-10(7-4-2)8-5-9-10/h3-4H,1-2,5-9H2. The van der Waals surface area contributed by atoms with Crippen LogP contribution in [0.3, 0.4) is 0 Å². The molecular formula is C10H16. The Kier molecular flexibility index (Phi) is 2.31. The van der Waals surface area contributed by atoms with Crippen LogP contribution in [-0.2, 0) is 0 Å². The molecule has 0 radical (unpaired) electrons. The lowest BCUT2D eigenvalue weighted by atomic mass is 9.65. The van der Waals surface area contributed by atoms with Gasteiger partial charge in [-0.1, -0.05) is 18.6 Å². The topological polar surface area (TPSA) is 0 Å². The smallest absolute Gasteiger partial charge is 0.0229 e.